The fourth-order valence-corrected chi connectivity index (χ4v) is 4.37. The Hall–Kier alpha value is -3.08. The van der Waals surface area contributed by atoms with Crippen LogP contribution in [0.25, 0.3) is 0 Å². The molecule has 0 heterocycles. The Balaban J connectivity index is 2.47. The Bertz CT molecular complexity index is 1120. The SMILES string of the molecule is CCC(C(=O)NC(C)C)N(Cc1ccccc1)C(=O)CN(c1cccc(C(F)(F)F)c1)S(C)(=O)=O. The number of hydrogen-bond donors (Lipinski definition) is 1. The Labute approximate surface area is 204 Å². The van der Waals surface area contributed by atoms with E-state index in [0.717, 1.165) is 18.4 Å². The van der Waals surface area contributed by atoms with Gasteiger partial charge in [-0.25, -0.2) is 8.42 Å². The molecule has 0 aliphatic heterocycles. The molecule has 11 heteroatoms. The fraction of sp³-hybridized carbons (Fsp3) is 0.417. The van der Waals surface area contributed by atoms with Gasteiger partial charge in [0.15, 0.2) is 0 Å². The molecule has 1 N–H and O–H groups in total. The van der Waals surface area contributed by atoms with Gasteiger partial charge in [0.05, 0.1) is 17.5 Å². The summed E-state index contributed by atoms with van der Waals surface area (Å²) in [6.07, 6.45) is -3.63. The fourth-order valence-electron chi connectivity index (χ4n) is 3.53. The van der Waals surface area contributed by atoms with Crippen LogP contribution in [0.4, 0.5) is 18.9 Å². The highest BCUT2D eigenvalue weighted by Crippen LogP contribution is 2.32. The molecule has 0 aliphatic carbocycles. The van der Waals surface area contributed by atoms with Gasteiger partial charge in [0.25, 0.3) is 0 Å². The topological polar surface area (TPSA) is 86.8 Å². The van der Waals surface area contributed by atoms with E-state index < -0.39 is 46.2 Å². The molecule has 0 saturated heterocycles. The lowest BCUT2D eigenvalue weighted by Gasteiger charge is -2.33. The normalized spacial score (nSPS) is 12.8. The second-order valence-electron chi connectivity index (χ2n) is 8.41. The lowest BCUT2D eigenvalue weighted by Crippen LogP contribution is -2.53. The molecule has 2 aromatic carbocycles. The number of amides is 2. The van der Waals surface area contributed by atoms with Gasteiger partial charge in [-0.1, -0.05) is 43.3 Å². The van der Waals surface area contributed by atoms with Crippen LogP contribution in [0.3, 0.4) is 0 Å². The molecule has 0 bridgehead atoms. The Kier molecular flexibility index (Phi) is 9.31. The van der Waals surface area contributed by atoms with Crippen LogP contribution < -0.4 is 9.62 Å². The van der Waals surface area contributed by atoms with E-state index in [1.807, 2.05) is 0 Å². The van der Waals surface area contributed by atoms with E-state index >= 15 is 0 Å². The van der Waals surface area contributed by atoms with Crippen LogP contribution in [0.15, 0.2) is 54.6 Å². The van der Waals surface area contributed by atoms with Crippen molar-refractivity contribution in [3.63, 3.8) is 0 Å². The predicted molar refractivity (Wildman–Crippen MR) is 128 cm³/mol. The third-order valence-corrected chi connectivity index (χ3v) is 6.29. The molecular formula is C24H30F3N3O4S. The molecule has 0 spiro atoms. The molecule has 1 unspecified atom stereocenters. The second-order valence-corrected chi connectivity index (χ2v) is 10.3. The Morgan fingerprint density at radius 1 is 1.03 bits per heavy atom. The highest BCUT2D eigenvalue weighted by atomic mass is 32.2. The number of hydrogen-bond acceptors (Lipinski definition) is 4. The summed E-state index contributed by atoms with van der Waals surface area (Å²) in [5.74, 6) is -1.13. The van der Waals surface area contributed by atoms with Gasteiger partial charge in [0, 0.05) is 12.6 Å². The monoisotopic (exact) mass is 513 g/mol. The molecule has 0 fully saturated rings. The highest BCUT2D eigenvalue weighted by molar-refractivity contribution is 7.92. The zero-order valence-corrected chi connectivity index (χ0v) is 20.9. The second kappa shape index (κ2) is 11.6. The first-order valence-electron chi connectivity index (χ1n) is 11.0. The van der Waals surface area contributed by atoms with Crippen molar-refractivity contribution in [2.45, 2.75) is 52.0 Å². The molecule has 35 heavy (non-hydrogen) atoms. The van der Waals surface area contributed by atoms with Crippen LogP contribution >= 0.6 is 0 Å². The van der Waals surface area contributed by atoms with Crippen molar-refractivity contribution >= 4 is 27.5 Å². The van der Waals surface area contributed by atoms with Gasteiger partial charge in [0.2, 0.25) is 21.8 Å². The van der Waals surface area contributed by atoms with Crippen LogP contribution in [0.1, 0.15) is 38.3 Å². The molecule has 1 atom stereocenters. The maximum absolute atomic E-state index is 13.5. The minimum absolute atomic E-state index is 0.0177. The van der Waals surface area contributed by atoms with Crippen LogP contribution in [0, 0.1) is 0 Å². The molecule has 0 aliphatic rings. The molecule has 0 radical (unpaired) electrons. The standard InChI is InChI=1S/C24H30F3N3O4S/c1-5-21(23(32)28-17(2)3)29(15-18-10-7-6-8-11-18)22(31)16-30(35(4,33)34)20-13-9-12-19(14-20)24(25,26)27/h6-14,17,21H,5,15-16H2,1-4H3,(H,28,32). The number of alkyl halides is 3. The van der Waals surface area contributed by atoms with E-state index in [9.17, 15) is 31.2 Å². The summed E-state index contributed by atoms with van der Waals surface area (Å²) < 4.78 is 65.3. The first kappa shape index (κ1) is 28.2. The average Bonchev–Trinajstić information content (AvgIpc) is 2.76. The maximum atomic E-state index is 13.5. The minimum atomic E-state index is -4.69. The number of rotatable bonds is 10. The van der Waals surface area contributed by atoms with Crippen molar-refractivity contribution in [1.82, 2.24) is 10.2 Å². The largest absolute Gasteiger partial charge is 0.416 e. The molecule has 0 saturated carbocycles. The summed E-state index contributed by atoms with van der Waals surface area (Å²) in [5, 5.41) is 2.76. The quantitative estimate of drug-likeness (QED) is 0.524. The summed E-state index contributed by atoms with van der Waals surface area (Å²) >= 11 is 0. The summed E-state index contributed by atoms with van der Waals surface area (Å²) in [5.41, 5.74) is -0.628. The van der Waals surface area contributed by atoms with E-state index in [2.05, 4.69) is 5.32 Å². The van der Waals surface area contributed by atoms with Gasteiger partial charge in [-0.2, -0.15) is 13.2 Å². The van der Waals surface area contributed by atoms with Gasteiger partial charge in [-0.05, 0) is 44.0 Å². The number of halogens is 3. The van der Waals surface area contributed by atoms with Gasteiger partial charge in [0.1, 0.15) is 12.6 Å². The van der Waals surface area contributed by atoms with E-state index in [0.29, 0.717) is 15.9 Å². The molecule has 2 rings (SSSR count). The van der Waals surface area contributed by atoms with Crippen molar-refractivity contribution in [1.29, 1.82) is 0 Å². The summed E-state index contributed by atoms with van der Waals surface area (Å²) in [4.78, 5) is 27.6. The molecule has 0 aromatic heterocycles. The number of carbonyl (C=O) groups is 2. The minimum Gasteiger partial charge on any atom is -0.352 e. The van der Waals surface area contributed by atoms with E-state index in [1.54, 1.807) is 51.1 Å². The third kappa shape index (κ3) is 7.98. The number of anilines is 1. The van der Waals surface area contributed by atoms with Crippen molar-refractivity contribution in [2.75, 3.05) is 17.1 Å². The van der Waals surface area contributed by atoms with Crippen LogP contribution in [-0.4, -0.2) is 50.0 Å². The van der Waals surface area contributed by atoms with Crippen LogP contribution in [0.2, 0.25) is 0 Å². The summed E-state index contributed by atoms with van der Waals surface area (Å²) in [7, 11) is -4.14. The number of benzene rings is 2. The maximum Gasteiger partial charge on any atom is 0.416 e. The molecule has 2 aromatic rings. The third-order valence-electron chi connectivity index (χ3n) is 5.15. The first-order chi connectivity index (χ1) is 16.2. The average molecular weight is 514 g/mol. The van der Waals surface area contributed by atoms with E-state index in [1.165, 1.54) is 11.0 Å². The van der Waals surface area contributed by atoms with Gasteiger partial charge in [-0.15, -0.1) is 0 Å². The number of nitrogens with zero attached hydrogens (tertiary/aromatic N) is 2. The van der Waals surface area contributed by atoms with Crippen molar-refractivity contribution in [2.24, 2.45) is 0 Å². The highest BCUT2D eigenvalue weighted by Gasteiger charge is 2.34. The molecule has 7 nitrogen and oxygen atoms in total. The lowest BCUT2D eigenvalue weighted by atomic mass is 10.1. The Morgan fingerprint density at radius 2 is 1.66 bits per heavy atom. The number of carbonyl (C=O) groups excluding carboxylic acids is 2. The van der Waals surface area contributed by atoms with Gasteiger partial charge >= 0.3 is 6.18 Å². The molecule has 192 valence electrons. The summed E-state index contributed by atoms with van der Waals surface area (Å²) in [6, 6.07) is 11.5. The molecule has 2 amide bonds. The van der Waals surface area contributed by atoms with Crippen LogP contribution in [0.5, 0.6) is 0 Å². The smallest absolute Gasteiger partial charge is 0.352 e. The lowest BCUT2D eigenvalue weighted by molar-refractivity contribution is -0.140. The predicted octanol–water partition coefficient (Wildman–Crippen LogP) is 3.80. The summed E-state index contributed by atoms with van der Waals surface area (Å²) in [6.45, 7) is 4.51. The first-order valence-corrected chi connectivity index (χ1v) is 12.9. The van der Waals surface area contributed by atoms with E-state index in [-0.39, 0.29) is 24.7 Å². The number of nitrogens with one attached hydrogen (secondary N) is 1. The van der Waals surface area contributed by atoms with E-state index in [4.69, 9.17) is 0 Å². The zero-order valence-electron chi connectivity index (χ0n) is 20.0. The molecular weight excluding hydrogens is 483 g/mol. The van der Waals surface area contributed by atoms with Gasteiger partial charge < -0.3 is 10.2 Å². The number of sulfonamides is 1. The van der Waals surface area contributed by atoms with Crippen molar-refractivity contribution < 1.29 is 31.2 Å². The van der Waals surface area contributed by atoms with Crippen LogP contribution in [-0.2, 0) is 32.3 Å². The van der Waals surface area contributed by atoms with Gasteiger partial charge in [-0.3, -0.25) is 13.9 Å². The van der Waals surface area contributed by atoms with Crippen molar-refractivity contribution in [3.05, 3.63) is 65.7 Å². The van der Waals surface area contributed by atoms with Crippen molar-refractivity contribution in [3.8, 4) is 0 Å². The zero-order chi connectivity index (χ0) is 26.4. The Morgan fingerprint density at radius 3 is 2.17 bits per heavy atom.